The maximum atomic E-state index is 13.7. The molecule has 5 heteroatoms. The van der Waals surface area contributed by atoms with Crippen LogP contribution in [0, 0.1) is 5.82 Å². The third-order valence-electron chi connectivity index (χ3n) is 2.82. The van der Waals surface area contributed by atoms with Crippen molar-refractivity contribution in [3.63, 3.8) is 0 Å². The largest absolute Gasteiger partial charge is 0.324 e. The van der Waals surface area contributed by atoms with E-state index in [1.165, 1.54) is 6.07 Å². The van der Waals surface area contributed by atoms with Gasteiger partial charge in [0, 0.05) is 15.0 Å². The van der Waals surface area contributed by atoms with Crippen molar-refractivity contribution in [1.82, 2.24) is 0 Å². The molecule has 0 radical (unpaired) electrons. The highest BCUT2D eigenvalue weighted by Gasteiger charge is 2.12. The van der Waals surface area contributed by atoms with Crippen molar-refractivity contribution in [2.75, 3.05) is 0 Å². The van der Waals surface area contributed by atoms with Crippen LogP contribution in [0.4, 0.5) is 4.39 Å². The molecule has 0 saturated heterocycles. The highest BCUT2D eigenvalue weighted by molar-refractivity contribution is 9.10. The molecule has 2 rings (SSSR count). The molecule has 0 spiro atoms. The summed E-state index contributed by atoms with van der Waals surface area (Å²) >= 11 is 12.7. The smallest absolute Gasteiger partial charge is 0.126 e. The molecule has 2 N–H and O–H groups in total. The molecule has 0 bridgehead atoms. The minimum absolute atomic E-state index is 0.248. The van der Waals surface area contributed by atoms with E-state index in [4.69, 9.17) is 17.3 Å². The fourth-order valence-electron chi connectivity index (χ4n) is 1.80. The normalized spacial score (nSPS) is 12.5. The van der Waals surface area contributed by atoms with Crippen LogP contribution in [0.15, 0.2) is 45.3 Å². The number of benzene rings is 2. The second-order valence-electron chi connectivity index (χ2n) is 4.22. The molecule has 1 nitrogen and oxygen atoms in total. The average molecular weight is 408 g/mol. The lowest BCUT2D eigenvalue weighted by Crippen LogP contribution is -2.14. The van der Waals surface area contributed by atoms with Crippen molar-refractivity contribution in [2.45, 2.75) is 12.5 Å². The van der Waals surface area contributed by atoms with Crippen LogP contribution in [0.25, 0.3) is 0 Å². The summed E-state index contributed by atoms with van der Waals surface area (Å²) in [4.78, 5) is 0. The average Bonchev–Trinajstić information content (AvgIpc) is 2.37. The molecule has 0 saturated carbocycles. The van der Waals surface area contributed by atoms with Crippen LogP contribution in [-0.2, 0) is 6.42 Å². The first-order valence-electron chi connectivity index (χ1n) is 5.62. The number of halogens is 4. The van der Waals surface area contributed by atoms with Crippen LogP contribution in [0.5, 0.6) is 0 Å². The van der Waals surface area contributed by atoms with Gasteiger partial charge in [-0.2, -0.15) is 0 Å². The molecule has 19 heavy (non-hydrogen) atoms. The zero-order chi connectivity index (χ0) is 14.0. The Bertz CT molecular complexity index is 604. The van der Waals surface area contributed by atoms with E-state index in [0.29, 0.717) is 17.0 Å². The number of hydrogen-bond donors (Lipinski definition) is 1. The van der Waals surface area contributed by atoms with E-state index in [0.717, 1.165) is 14.5 Å². The summed E-state index contributed by atoms with van der Waals surface area (Å²) in [7, 11) is 0. The van der Waals surface area contributed by atoms with Crippen molar-refractivity contribution in [1.29, 1.82) is 0 Å². The van der Waals surface area contributed by atoms with Gasteiger partial charge < -0.3 is 5.73 Å². The fourth-order valence-corrected chi connectivity index (χ4v) is 2.64. The summed E-state index contributed by atoms with van der Waals surface area (Å²) in [6.45, 7) is 0. The first kappa shape index (κ1) is 15.0. The van der Waals surface area contributed by atoms with Crippen molar-refractivity contribution in [3.8, 4) is 0 Å². The molecular weight excluding hydrogens is 396 g/mol. The Morgan fingerprint density at radius 1 is 1.16 bits per heavy atom. The molecule has 100 valence electrons. The minimum Gasteiger partial charge on any atom is -0.324 e. The Morgan fingerprint density at radius 3 is 2.58 bits per heavy atom. The second-order valence-corrected chi connectivity index (χ2v) is 6.40. The summed E-state index contributed by atoms with van der Waals surface area (Å²) < 4.78 is 15.3. The molecule has 2 aromatic rings. The summed E-state index contributed by atoms with van der Waals surface area (Å²) in [5.41, 5.74) is 7.58. The molecule has 2 aromatic carbocycles. The molecule has 0 fully saturated rings. The maximum absolute atomic E-state index is 13.7. The van der Waals surface area contributed by atoms with E-state index in [1.807, 2.05) is 12.1 Å². The predicted octanol–water partition coefficient (Wildman–Crippen LogP) is 5.25. The van der Waals surface area contributed by atoms with E-state index in [9.17, 15) is 4.39 Å². The third kappa shape index (κ3) is 3.78. The Kier molecular flexibility index (Phi) is 5.01. The van der Waals surface area contributed by atoms with Crippen LogP contribution < -0.4 is 5.73 Å². The van der Waals surface area contributed by atoms with E-state index in [2.05, 4.69) is 31.9 Å². The summed E-state index contributed by atoms with van der Waals surface area (Å²) in [5, 5.41) is 0.600. The van der Waals surface area contributed by atoms with Gasteiger partial charge in [-0.3, -0.25) is 0 Å². The SMILES string of the molecule is NC(Cc1cc(Br)ccc1F)c1ccc(Br)c(Cl)c1. The zero-order valence-electron chi connectivity index (χ0n) is 9.84. The van der Waals surface area contributed by atoms with E-state index < -0.39 is 0 Å². The van der Waals surface area contributed by atoms with E-state index >= 15 is 0 Å². The van der Waals surface area contributed by atoms with Gasteiger partial charge in [-0.1, -0.05) is 33.6 Å². The van der Waals surface area contributed by atoms with Gasteiger partial charge in [-0.15, -0.1) is 0 Å². The van der Waals surface area contributed by atoms with Gasteiger partial charge in [-0.25, -0.2) is 4.39 Å². The lowest BCUT2D eigenvalue weighted by molar-refractivity contribution is 0.593. The van der Waals surface area contributed by atoms with Gasteiger partial charge in [0.05, 0.1) is 5.02 Å². The summed E-state index contributed by atoms with van der Waals surface area (Å²) in [5.74, 6) is -0.248. The molecule has 0 aromatic heterocycles. The van der Waals surface area contributed by atoms with E-state index in [-0.39, 0.29) is 11.9 Å². The number of rotatable bonds is 3. The monoisotopic (exact) mass is 405 g/mol. The molecule has 0 aliphatic rings. The van der Waals surface area contributed by atoms with Gasteiger partial charge in [0.1, 0.15) is 5.82 Å². The number of nitrogens with two attached hydrogens (primary N) is 1. The molecular formula is C14H11Br2ClFN. The molecule has 0 aliphatic carbocycles. The highest BCUT2D eigenvalue weighted by atomic mass is 79.9. The van der Waals surface area contributed by atoms with E-state index in [1.54, 1.807) is 18.2 Å². The first-order valence-corrected chi connectivity index (χ1v) is 7.58. The van der Waals surface area contributed by atoms with Crippen LogP contribution >= 0.6 is 43.5 Å². The van der Waals surface area contributed by atoms with Gasteiger partial charge in [-0.05, 0) is 63.8 Å². The van der Waals surface area contributed by atoms with Crippen LogP contribution in [0.3, 0.4) is 0 Å². The second kappa shape index (κ2) is 6.35. The zero-order valence-corrected chi connectivity index (χ0v) is 13.8. The molecule has 0 amide bonds. The predicted molar refractivity (Wildman–Crippen MR) is 83.9 cm³/mol. The summed E-state index contributed by atoms with van der Waals surface area (Å²) in [6, 6.07) is 10.1. The quantitative estimate of drug-likeness (QED) is 0.739. The van der Waals surface area contributed by atoms with Crippen molar-refractivity contribution < 1.29 is 4.39 Å². The minimum atomic E-state index is -0.297. The standard InChI is InChI=1S/C14H11Br2ClFN/c15-10-2-4-13(18)9(5-10)7-14(19)8-1-3-11(16)12(17)6-8/h1-6,14H,7,19H2. The fraction of sp³-hybridized carbons (Fsp3) is 0.143. The molecule has 1 unspecified atom stereocenters. The molecule has 0 aliphatic heterocycles. The van der Waals surface area contributed by atoms with Crippen LogP contribution in [0.2, 0.25) is 5.02 Å². The van der Waals surface area contributed by atoms with Crippen molar-refractivity contribution in [2.24, 2.45) is 5.73 Å². The third-order valence-corrected chi connectivity index (χ3v) is 4.55. The van der Waals surface area contributed by atoms with Gasteiger partial charge in [0.15, 0.2) is 0 Å². The van der Waals surface area contributed by atoms with Crippen molar-refractivity contribution >= 4 is 43.5 Å². The summed E-state index contributed by atoms with van der Waals surface area (Å²) in [6.07, 6.45) is 0.420. The molecule has 0 heterocycles. The Morgan fingerprint density at radius 2 is 1.89 bits per heavy atom. The maximum Gasteiger partial charge on any atom is 0.126 e. The Labute approximate surface area is 133 Å². The first-order chi connectivity index (χ1) is 8.97. The lowest BCUT2D eigenvalue weighted by atomic mass is 9.99. The van der Waals surface area contributed by atoms with Crippen LogP contribution in [-0.4, -0.2) is 0 Å². The number of hydrogen-bond acceptors (Lipinski definition) is 1. The Balaban J connectivity index is 2.22. The van der Waals surface area contributed by atoms with Gasteiger partial charge in [0.25, 0.3) is 0 Å². The molecule has 1 atom stereocenters. The topological polar surface area (TPSA) is 26.0 Å². The van der Waals surface area contributed by atoms with Gasteiger partial charge in [0.2, 0.25) is 0 Å². The van der Waals surface area contributed by atoms with Crippen molar-refractivity contribution in [3.05, 3.63) is 67.3 Å². The Hall–Kier alpha value is -0.420. The van der Waals surface area contributed by atoms with Crippen LogP contribution in [0.1, 0.15) is 17.2 Å². The lowest BCUT2D eigenvalue weighted by Gasteiger charge is -2.14. The van der Waals surface area contributed by atoms with Gasteiger partial charge >= 0.3 is 0 Å². The highest BCUT2D eigenvalue weighted by Crippen LogP contribution is 2.27.